The van der Waals surface area contributed by atoms with Crippen molar-refractivity contribution in [3.8, 4) is 0 Å². The van der Waals surface area contributed by atoms with Gasteiger partial charge < -0.3 is 19.3 Å². The zero-order valence-corrected chi connectivity index (χ0v) is 15.7. The summed E-state index contributed by atoms with van der Waals surface area (Å²) < 4.78 is 17.6. The molecule has 26 heavy (non-hydrogen) atoms. The minimum atomic E-state index is -0.739. The van der Waals surface area contributed by atoms with Gasteiger partial charge in [0.1, 0.15) is 23.4 Å². The molecule has 0 aromatic heterocycles. The number of hydrogen-bond acceptors (Lipinski definition) is 6. The maximum Gasteiger partial charge on any atom is 0.334 e. The molecule has 0 aromatic rings. The summed E-state index contributed by atoms with van der Waals surface area (Å²) >= 11 is 0. The van der Waals surface area contributed by atoms with E-state index in [-0.39, 0.29) is 11.8 Å². The van der Waals surface area contributed by atoms with E-state index in [0.717, 1.165) is 0 Å². The Bertz CT molecular complexity index is 726. The highest BCUT2D eigenvalue weighted by molar-refractivity contribution is 5.91. The predicted octanol–water partition coefficient (Wildman–Crippen LogP) is 1.91. The molecule has 0 amide bonds. The summed E-state index contributed by atoms with van der Waals surface area (Å²) in [6.45, 7) is 11.4. The van der Waals surface area contributed by atoms with Crippen LogP contribution in [0.2, 0.25) is 0 Å². The van der Waals surface area contributed by atoms with Gasteiger partial charge in [-0.25, -0.2) is 9.59 Å². The van der Waals surface area contributed by atoms with Crippen molar-refractivity contribution in [1.82, 2.24) is 0 Å². The van der Waals surface area contributed by atoms with Gasteiger partial charge in [-0.15, -0.1) is 0 Å². The number of carbonyl (C=O) groups excluding carboxylic acids is 2. The Morgan fingerprint density at radius 2 is 2.15 bits per heavy atom. The van der Waals surface area contributed by atoms with Gasteiger partial charge in [0.2, 0.25) is 0 Å². The quantitative estimate of drug-likeness (QED) is 0.459. The molecule has 4 rings (SSSR count). The van der Waals surface area contributed by atoms with Gasteiger partial charge in [-0.05, 0) is 33.1 Å². The number of aliphatic hydroxyl groups excluding tert-OH is 1. The molecule has 2 heterocycles. The molecule has 1 N–H and O–H groups in total. The second-order valence-corrected chi connectivity index (χ2v) is 8.42. The third kappa shape index (κ3) is 2.06. The van der Waals surface area contributed by atoms with Crippen LogP contribution < -0.4 is 0 Å². The Labute approximate surface area is 153 Å². The number of ether oxygens (including phenoxy) is 3. The zero-order chi connectivity index (χ0) is 19.0. The standard InChI is InChI=1S/C20H26O6/c1-6-9(2)17(22)24-12-8-19(5)20(26-19)13(21)7-10(3)15(20)16-14(12)11(4)18(23)25-16/h6,10,12-16,21H,4,7-8H2,1-3,5H3. The number of epoxide rings is 1. The lowest BCUT2D eigenvalue weighted by molar-refractivity contribution is -0.151. The van der Waals surface area contributed by atoms with Gasteiger partial charge >= 0.3 is 11.9 Å². The lowest BCUT2D eigenvalue weighted by Crippen LogP contribution is -2.43. The van der Waals surface area contributed by atoms with Crippen LogP contribution in [0.3, 0.4) is 0 Å². The molecule has 6 nitrogen and oxygen atoms in total. The van der Waals surface area contributed by atoms with Crippen molar-refractivity contribution in [1.29, 1.82) is 0 Å². The number of aliphatic hydroxyl groups is 1. The van der Waals surface area contributed by atoms with Crippen molar-refractivity contribution in [2.45, 2.75) is 70.1 Å². The lowest BCUT2D eigenvalue weighted by Gasteiger charge is -2.31. The molecular formula is C20H26O6. The molecule has 2 aliphatic carbocycles. The van der Waals surface area contributed by atoms with Gasteiger partial charge in [-0.2, -0.15) is 0 Å². The first-order chi connectivity index (χ1) is 12.2. The molecule has 0 bridgehead atoms. The van der Waals surface area contributed by atoms with Crippen molar-refractivity contribution < 1.29 is 28.9 Å². The summed E-state index contributed by atoms with van der Waals surface area (Å²) in [5.74, 6) is -1.27. The third-order valence-corrected chi connectivity index (χ3v) is 7.00. The first kappa shape index (κ1) is 17.7. The minimum absolute atomic E-state index is 0.129. The van der Waals surface area contributed by atoms with Crippen molar-refractivity contribution in [2.75, 3.05) is 0 Å². The number of hydrogen-bond donors (Lipinski definition) is 1. The largest absolute Gasteiger partial charge is 0.458 e. The summed E-state index contributed by atoms with van der Waals surface area (Å²) in [6, 6.07) is 0. The highest BCUT2D eigenvalue weighted by Crippen LogP contribution is 2.68. The van der Waals surface area contributed by atoms with Crippen LogP contribution in [0, 0.1) is 17.8 Å². The van der Waals surface area contributed by atoms with Crippen LogP contribution in [0.4, 0.5) is 0 Å². The topological polar surface area (TPSA) is 85.4 Å². The Hall–Kier alpha value is -1.66. The Kier molecular flexibility index (Phi) is 3.70. The average Bonchev–Trinajstić information content (AvgIpc) is 2.98. The molecule has 2 saturated heterocycles. The second kappa shape index (κ2) is 5.42. The van der Waals surface area contributed by atoms with Crippen LogP contribution >= 0.6 is 0 Å². The zero-order valence-electron chi connectivity index (χ0n) is 15.7. The van der Waals surface area contributed by atoms with Crippen molar-refractivity contribution >= 4 is 11.9 Å². The molecule has 0 aromatic carbocycles. The van der Waals surface area contributed by atoms with Crippen LogP contribution in [-0.4, -0.2) is 46.6 Å². The third-order valence-electron chi connectivity index (χ3n) is 7.00. The SMILES string of the molecule is C=C1C(=O)OC2C1C(OC(=O)C(C)=CC)CC1(C)OC13C(O)CC(C)C23. The van der Waals surface area contributed by atoms with E-state index in [2.05, 4.69) is 6.58 Å². The highest BCUT2D eigenvalue weighted by atomic mass is 16.7. The van der Waals surface area contributed by atoms with E-state index in [0.29, 0.717) is 24.0 Å². The summed E-state index contributed by atoms with van der Waals surface area (Å²) in [4.78, 5) is 24.7. The molecule has 4 aliphatic rings. The smallest absolute Gasteiger partial charge is 0.334 e. The highest BCUT2D eigenvalue weighted by Gasteiger charge is 2.82. The molecular weight excluding hydrogens is 336 g/mol. The summed E-state index contributed by atoms with van der Waals surface area (Å²) in [7, 11) is 0. The van der Waals surface area contributed by atoms with Crippen molar-refractivity contribution in [2.24, 2.45) is 17.8 Å². The van der Waals surface area contributed by atoms with Gasteiger partial charge in [0, 0.05) is 23.5 Å². The molecule has 2 saturated carbocycles. The Balaban J connectivity index is 1.75. The van der Waals surface area contributed by atoms with Gasteiger partial charge in [-0.3, -0.25) is 0 Å². The fraction of sp³-hybridized carbons (Fsp3) is 0.700. The van der Waals surface area contributed by atoms with Crippen LogP contribution in [-0.2, 0) is 23.8 Å². The Morgan fingerprint density at radius 1 is 1.46 bits per heavy atom. The van der Waals surface area contributed by atoms with Gasteiger partial charge in [-0.1, -0.05) is 19.6 Å². The van der Waals surface area contributed by atoms with E-state index in [1.165, 1.54) is 0 Å². The number of fused-ring (bicyclic) bond motifs is 2. The number of esters is 2. The van der Waals surface area contributed by atoms with Crippen LogP contribution in [0.15, 0.2) is 23.8 Å². The number of allylic oxidation sites excluding steroid dienone is 1. The van der Waals surface area contributed by atoms with Crippen LogP contribution in [0.5, 0.6) is 0 Å². The second-order valence-electron chi connectivity index (χ2n) is 8.42. The van der Waals surface area contributed by atoms with Crippen molar-refractivity contribution in [3.05, 3.63) is 23.8 Å². The van der Waals surface area contributed by atoms with E-state index < -0.39 is 47.4 Å². The first-order valence-electron chi connectivity index (χ1n) is 9.28. The molecule has 2 aliphatic heterocycles. The molecule has 4 fully saturated rings. The number of rotatable bonds is 2. The molecule has 1 spiro atoms. The minimum Gasteiger partial charge on any atom is -0.458 e. The van der Waals surface area contributed by atoms with Crippen LogP contribution in [0.1, 0.15) is 40.5 Å². The summed E-state index contributed by atoms with van der Waals surface area (Å²) in [5.41, 5.74) is -0.489. The predicted molar refractivity (Wildman–Crippen MR) is 91.9 cm³/mol. The van der Waals surface area contributed by atoms with Gasteiger partial charge in [0.05, 0.1) is 12.0 Å². The van der Waals surface area contributed by atoms with E-state index in [4.69, 9.17) is 14.2 Å². The summed E-state index contributed by atoms with van der Waals surface area (Å²) in [5, 5.41) is 10.7. The van der Waals surface area contributed by atoms with Gasteiger partial charge in [0.15, 0.2) is 0 Å². The van der Waals surface area contributed by atoms with Gasteiger partial charge in [0.25, 0.3) is 0 Å². The molecule has 8 unspecified atom stereocenters. The monoisotopic (exact) mass is 362 g/mol. The molecule has 142 valence electrons. The fourth-order valence-electron chi connectivity index (χ4n) is 5.59. The molecule has 0 radical (unpaired) electrons. The maximum atomic E-state index is 12.4. The molecule has 8 atom stereocenters. The lowest BCUT2D eigenvalue weighted by atomic mass is 9.77. The average molecular weight is 362 g/mol. The summed E-state index contributed by atoms with van der Waals surface area (Å²) in [6.07, 6.45) is 1.03. The number of carbonyl (C=O) groups is 2. The van der Waals surface area contributed by atoms with E-state index >= 15 is 0 Å². The maximum absolute atomic E-state index is 12.4. The van der Waals surface area contributed by atoms with E-state index in [9.17, 15) is 14.7 Å². The first-order valence-corrected chi connectivity index (χ1v) is 9.28. The fourth-order valence-corrected chi connectivity index (χ4v) is 5.59. The Morgan fingerprint density at radius 3 is 2.81 bits per heavy atom. The molecule has 6 heteroatoms. The van der Waals surface area contributed by atoms with Crippen molar-refractivity contribution in [3.63, 3.8) is 0 Å². The van der Waals surface area contributed by atoms with Crippen LogP contribution in [0.25, 0.3) is 0 Å². The van der Waals surface area contributed by atoms with E-state index in [1.54, 1.807) is 19.9 Å². The van der Waals surface area contributed by atoms with E-state index in [1.807, 2.05) is 13.8 Å². The normalized spacial score (nSPS) is 49.7.